The van der Waals surface area contributed by atoms with Crippen molar-refractivity contribution < 1.29 is 9.18 Å². The zero-order valence-corrected chi connectivity index (χ0v) is 10.0. The van der Waals surface area contributed by atoms with E-state index < -0.39 is 0 Å². The van der Waals surface area contributed by atoms with E-state index in [1.807, 2.05) is 0 Å². The first-order chi connectivity index (χ1) is 8.56. The number of halogens is 2. The van der Waals surface area contributed by atoms with Crippen LogP contribution < -0.4 is 11.1 Å². The van der Waals surface area contributed by atoms with Crippen LogP contribution in [0.25, 0.3) is 0 Å². The highest BCUT2D eigenvalue weighted by atomic mass is 35.5. The van der Waals surface area contributed by atoms with Crippen molar-refractivity contribution >= 4 is 28.9 Å². The Hall–Kier alpha value is -2.07. The van der Waals surface area contributed by atoms with Gasteiger partial charge in [-0.2, -0.15) is 0 Å². The van der Waals surface area contributed by atoms with Crippen molar-refractivity contribution in [3.63, 3.8) is 0 Å². The molecule has 0 atom stereocenters. The van der Waals surface area contributed by atoms with Gasteiger partial charge in [-0.15, -0.1) is 0 Å². The summed E-state index contributed by atoms with van der Waals surface area (Å²) >= 11 is 5.77. The number of hydrogen-bond donors (Lipinski definition) is 2. The average Bonchev–Trinajstić information content (AvgIpc) is 2.34. The zero-order valence-electron chi connectivity index (χ0n) is 9.28. The van der Waals surface area contributed by atoms with E-state index in [9.17, 15) is 9.18 Å². The summed E-state index contributed by atoms with van der Waals surface area (Å²) in [5.74, 6) is -0.723. The number of anilines is 2. The predicted octanol–water partition coefficient (Wildman–Crippen LogP) is 3.31. The van der Waals surface area contributed by atoms with Crippen molar-refractivity contribution in [3.8, 4) is 0 Å². The van der Waals surface area contributed by atoms with Crippen LogP contribution >= 0.6 is 11.6 Å². The van der Waals surface area contributed by atoms with E-state index in [-0.39, 0.29) is 11.7 Å². The summed E-state index contributed by atoms with van der Waals surface area (Å²) in [7, 11) is 0. The van der Waals surface area contributed by atoms with Crippen LogP contribution in [0, 0.1) is 5.82 Å². The van der Waals surface area contributed by atoms with Crippen molar-refractivity contribution in [2.75, 3.05) is 11.1 Å². The second kappa shape index (κ2) is 5.06. The van der Waals surface area contributed by atoms with Crippen LogP contribution in [0.4, 0.5) is 15.8 Å². The van der Waals surface area contributed by atoms with Crippen LogP contribution in [-0.2, 0) is 0 Å². The molecule has 0 aliphatic rings. The van der Waals surface area contributed by atoms with E-state index in [4.69, 9.17) is 17.3 Å². The molecule has 2 aromatic rings. The topological polar surface area (TPSA) is 55.1 Å². The number of nitrogens with two attached hydrogens (primary N) is 1. The van der Waals surface area contributed by atoms with Gasteiger partial charge in [-0.05, 0) is 42.5 Å². The van der Waals surface area contributed by atoms with Gasteiger partial charge < -0.3 is 11.1 Å². The van der Waals surface area contributed by atoms with Gasteiger partial charge >= 0.3 is 0 Å². The molecule has 0 radical (unpaired) electrons. The Labute approximate surface area is 108 Å². The molecule has 5 heteroatoms. The van der Waals surface area contributed by atoms with Gasteiger partial charge in [0.2, 0.25) is 0 Å². The lowest BCUT2D eigenvalue weighted by molar-refractivity contribution is 0.102. The van der Waals surface area contributed by atoms with Gasteiger partial charge in [0, 0.05) is 11.3 Å². The summed E-state index contributed by atoms with van der Waals surface area (Å²) in [5.41, 5.74) is 6.90. The maximum Gasteiger partial charge on any atom is 0.255 e. The number of hydrogen-bond acceptors (Lipinski definition) is 2. The number of benzene rings is 2. The second-order valence-corrected chi connectivity index (χ2v) is 4.10. The summed E-state index contributed by atoms with van der Waals surface area (Å²) in [6, 6.07) is 10.1. The number of carbonyl (C=O) groups is 1. The van der Waals surface area contributed by atoms with E-state index in [0.29, 0.717) is 22.0 Å². The Morgan fingerprint density at radius 2 is 1.83 bits per heavy atom. The fourth-order valence-corrected chi connectivity index (χ4v) is 1.54. The van der Waals surface area contributed by atoms with Crippen molar-refractivity contribution in [1.29, 1.82) is 0 Å². The average molecular weight is 265 g/mol. The SMILES string of the molecule is Nc1cc(NC(=O)c2ccc(F)cc2)ccc1Cl. The van der Waals surface area contributed by atoms with Gasteiger partial charge in [0.25, 0.3) is 5.91 Å². The standard InChI is InChI=1S/C13H10ClFN2O/c14-11-6-5-10(7-12(11)16)17-13(18)8-1-3-9(15)4-2-8/h1-7H,16H2,(H,17,18). The minimum Gasteiger partial charge on any atom is -0.397 e. The molecule has 0 aliphatic carbocycles. The highest BCUT2D eigenvalue weighted by Gasteiger charge is 2.07. The van der Waals surface area contributed by atoms with Crippen LogP contribution in [0.3, 0.4) is 0 Å². The number of nitrogen functional groups attached to an aromatic ring is 1. The van der Waals surface area contributed by atoms with E-state index in [0.717, 1.165) is 0 Å². The third kappa shape index (κ3) is 2.78. The van der Waals surface area contributed by atoms with Gasteiger partial charge in [-0.25, -0.2) is 4.39 Å². The Morgan fingerprint density at radius 3 is 2.44 bits per heavy atom. The summed E-state index contributed by atoms with van der Waals surface area (Å²) in [6.45, 7) is 0. The molecule has 0 aromatic heterocycles. The molecular weight excluding hydrogens is 255 g/mol. The minimum absolute atomic E-state index is 0.336. The molecule has 92 valence electrons. The molecule has 2 rings (SSSR count). The van der Waals surface area contributed by atoms with Crippen molar-refractivity contribution in [2.24, 2.45) is 0 Å². The molecule has 0 aliphatic heterocycles. The molecule has 0 heterocycles. The normalized spacial score (nSPS) is 10.1. The zero-order chi connectivity index (χ0) is 13.1. The third-order valence-electron chi connectivity index (χ3n) is 2.36. The molecular formula is C13H10ClFN2O. The second-order valence-electron chi connectivity index (χ2n) is 3.70. The molecule has 18 heavy (non-hydrogen) atoms. The molecule has 3 nitrogen and oxygen atoms in total. The lowest BCUT2D eigenvalue weighted by Crippen LogP contribution is -2.11. The van der Waals surface area contributed by atoms with E-state index in [2.05, 4.69) is 5.32 Å². The highest BCUT2D eigenvalue weighted by molar-refractivity contribution is 6.33. The maximum atomic E-state index is 12.7. The molecule has 0 spiro atoms. The monoisotopic (exact) mass is 264 g/mol. The first-order valence-corrected chi connectivity index (χ1v) is 5.56. The van der Waals surface area contributed by atoms with E-state index in [1.54, 1.807) is 18.2 Å². The fraction of sp³-hybridized carbons (Fsp3) is 0. The van der Waals surface area contributed by atoms with Crippen LogP contribution in [-0.4, -0.2) is 5.91 Å². The summed E-state index contributed by atoms with van der Waals surface area (Å²) in [6.07, 6.45) is 0. The van der Waals surface area contributed by atoms with Crippen LogP contribution in [0.2, 0.25) is 5.02 Å². The number of nitrogens with one attached hydrogen (secondary N) is 1. The first kappa shape index (κ1) is 12.4. The predicted molar refractivity (Wildman–Crippen MR) is 70.2 cm³/mol. The Kier molecular flexibility index (Phi) is 3.48. The summed E-state index contributed by atoms with van der Waals surface area (Å²) < 4.78 is 12.7. The highest BCUT2D eigenvalue weighted by Crippen LogP contribution is 2.22. The lowest BCUT2D eigenvalue weighted by atomic mass is 10.2. The van der Waals surface area contributed by atoms with Crippen molar-refractivity contribution in [2.45, 2.75) is 0 Å². The van der Waals surface area contributed by atoms with E-state index >= 15 is 0 Å². The summed E-state index contributed by atoms with van der Waals surface area (Å²) in [4.78, 5) is 11.8. The van der Waals surface area contributed by atoms with Gasteiger partial charge in [0.1, 0.15) is 5.82 Å². The Morgan fingerprint density at radius 1 is 1.17 bits per heavy atom. The summed E-state index contributed by atoms with van der Waals surface area (Å²) in [5, 5.41) is 3.07. The Bertz CT molecular complexity index is 584. The quantitative estimate of drug-likeness (QED) is 0.818. The van der Waals surface area contributed by atoms with Gasteiger partial charge in [0.05, 0.1) is 10.7 Å². The first-order valence-electron chi connectivity index (χ1n) is 5.18. The van der Waals surface area contributed by atoms with E-state index in [1.165, 1.54) is 24.3 Å². The number of rotatable bonds is 2. The van der Waals surface area contributed by atoms with Crippen LogP contribution in [0.1, 0.15) is 10.4 Å². The van der Waals surface area contributed by atoms with Crippen molar-refractivity contribution in [1.82, 2.24) is 0 Å². The lowest BCUT2D eigenvalue weighted by Gasteiger charge is -2.06. The number of amides is 1. The smallest absolute Gasteiger partial charge is 0.255 e. The largest absolute Gasteiger partial charge is 0.397 e. The van der Waals surface area contributed by atoms with Gasteiger partial charge in [-0.1, -0.05) is 11.6 Å². The van der Waals surface area contributed by atoms with Crippen LogP contribution in [0.15, 0.2) is 42.5 Å². The fourth-order valence-electron chi connectivity index (χ4n) is 1.43. The molecule has 0 saturated carbocycles. The molecule has 0 fully saturated rings. The minimum atomic E-state index is -0.387. The van der Waals surface area contributed by atoms with Crippen molar-refractivity contribution in [3.05, 3.63) is 58.9 Å². The molecule has 1 amide bonds. The number of carbonyl (C=O) groups excluding carboxylic acids is 1. The molecule has 0 saturated heterocycles. The Balaban J connectivity index is 2.16. The molecule has 0 unspecified atom stereocenters. The molecule has 0 bridgehead atoms. The third-order valence-corrected chi connectivity index (χ3v) is 2.70. The van der Waals surface area contributed by atoms with Gasteiger partial charge in [-0.3, -0.25) is 4.79 Å². The molecule has 2 aromatic carbocycles. The molecule has 3 N–H and O–H groups in total. The van der Waals surface area contributed by atoms with Crippen LogP contribution in [0.5, 0.6) is 0 Å². The maximum absolute atomic E-state index is 12.7. The van der Waals surface area contributed by atoms with Gasteiger partial charge in [0.15, 0.2) is 0 Å².